The zero-order chi connectivity index (χ0) is 21.8. The van der Waals surface area contributed by atoms with Crippen LogP contribution < -0.4 is 0 Å². The molecule has 29 heavy (non-hydrogen) atoms. The van der Waals surface area contributed by atoms with Crippen molar-refractivity contribution in [1.29, 1.82) is 0 Å². The van der Waals surface area contributed by atoms with E-state index in [2.05, 4.69) is 0 Å². The number of aldehydes is 1. The summed E-state index contributed by atoms with van der Waals surface area (Å²) >= 11 is 0. The van der Waals surface area contributed by atoms with Gasteiger partial charge in [-0.3, -0.25) is 9.59 Å². The van der Waals surface area contributed by atoms with Gasteiger partial charge in [-0.15, -0.1) is 0 Å². The summed E-state index contributed by atoms with van der Waals surface area (Å²) in [6.45, 7) is 3.93. The third-order valence-electron chi connectivity index (χ3n) is 8.25. The van der Waals surface area contributed by atoms with Gasteiger partial charge in [0.2, 0.25) is 0 Å². The monoisotopic (exact) mass is 412 g/mol. The van der Waals surface area contributed by atoms with Crippen molar-refractivity contribution in [3.63, 3.8) is 0 Å². The van der Waals surface area contributed by atoms with E-state index in [0.717, 1.165) is 6.08 Å². The minimum Gasteiger partial charge on any atom is -0.390 e. The minimum absolute atomic E-state index is 0.00769. The predicted octanol–water partition coefficient (Wildman–Crippen LogP) is 2.23. The Balaban J connectivity index is 2.18. The number of carbonyl (C=O) groups excluding carboxylic acids is 2. The van der Waals surface area contributed by atoms with Crippen LogP contribution in [0.5, 0.6) is 0 Å². The van der Waals surface area contributed by atoms with Crippen LogP contribution in [-0.2, 0) is 9.59 Å². The van der Waals surface area contributed by atoms with Crippen LogP contribution in [-0.4, -0.2) is 57.5 Å². The first kappa shape index (κ1) is 22.2. The minimum atomic E-state index is -2.27. The highest BCUT2D eigenvalue weighted by Crippen LogP contribution is 2.69. The predicted molar refractivity (Wildman–Crippen MR) is 102 cm³/mol. The molecule has 0 aliphatic heterocycles. The number of allylic oxidation sites excluding steroid dienone is 4. The van der Waals surface area contributed by atoms with E-state index in [0.29, 0.717) is 6.29 Å². The zero-order valence-corrected chi connectivity index (χ0v) is 17.1. The lowest BCUT2D eigenvalue weighted by Gasteiger charge is -2.62. The van der Waals surface area contributed by atoms with Crippen LogP contribution >= 0.6 is 0 Å². The van der Waals surface area contributed by atoms with Gasteiger partial charge in [-0.25, -0.2) is 8.78 Å². The van der Waals surface area contributed by atoms with Crippen LogP contribution in [0.15, 0.2) is 23.8 Å². The molecular formula is C22H30F2O5. The molecule has 3 N–H and O–H groups in total. The largest absolute Gasteiger partial charge is 0.390 e. The Morgan fingerprint density at radius 3 is 2.52 bits per heavy atom. The van der Waals surface area contributed by atoms with Gasteiger partial charge in [0, 0.05) is 16.7 Å². The maximum atomic E-state index is 16.9. The molecule has 0 bridgehead atoms. The van der Waals surface area contributed by atoms with Gasteiger partial charge in [0.15, 0.2) is 11.5 Å². The molecule has 0 heterocycles. The smallest absolute Gasteiger partial charge is 0.190 e. The standard InChI is InChI=1S/C22H30F2O5/c1-4-7-19(2)14(6-9-25)16(23)10-15-13-5-8-21(29,18(28)12-26)20(13,3)11-17(27)22(15,19)24/h4,6-7,9,13,15-17,26-27,29H,5,8,10-12H2,1-3H3/b7-4-,14-6-/t13?,15?,16-,17?,19?,20?,21?,22-/m0/s1. The molecule has 0 spiro atoms. The average molecular weight is 412 g/mol. The Bertz CT molecular complexity index is 766. The molecule has 0 saturated heterocycles. The number of Topliss-reactive ketones (excluding diaryl/α,β-unsaturated/α-hetero) is 1. The van der Waals surface area contributed by atoms with Crippen molar-refractivity contribution in [3.8, 4) is 0 Å². The molecule has 3 aliphatic carbocycles. The first-order valence-corrected chi connectivity index (χ1v) is 10.1. The molecule has 7 heteroatoms. The number of hydrogen-bond acceptors (Lipinski definition) is 5. The van der Waals surface area contributed by atoms with Crippen LogP contribution in [0.3, 0.4) is 0 Å². The van der Waals surface area contributed by atoms with Crippen LogP contribution in [0.25, 0.3) is 0 Å². The third kappa shape index (κ3) is 2.60. The maximum Gasteiger partial charge on any atom is 0.190 e. The van der Waals surface area contributed by atoms with E-state index in [4.69, 9.17) is 0 Å². The Labute approximate surface area is 169 Å². The Morgan fingerprint density at radius 2 is 1.97 bits per heavy atom. The number of halogens is 2. The van der Waals surface area contributed by atoms with E-state index in [1.165, 1.54) is 13.0 Å². The molecule has 3 rings (SSSR count). The fourth-order valence-corrected chi connectivity index (χ4v) is 6.79. The van der Waals surface area contributed by atoms with Crippen LogP contribution in [0.4, 0.5) is 8.78 Å². The van der Waals surface area contributed by atoms with Gasteiger partial charge in [-0.1, -0.05) is 19.1 Å². The van der Waals surface area contributed by atoms with E-state index in [9.17, 15) is 24.9 Å². The van der Waals surface area contributed by atoms with Gasteiger partial charge in [-0.2, -0.15) is 0 Å². The number of hydrogen-bond donors (Lipinski definition) is 3. The molecule has 8 atom stereocenters. The number of aliphatic hydroxyl groups excluding tert-OH is 2. The molecule has 0 aromatic carbocycles. The fourth-order valence-electron chi connectivity index (χ4n) is 6.79. The number of fused-ring (bicyclic) bond motifs is 3. The van der Waals surface area contributed by atoms with Gasteiger partial charge >= 0.3 is 0 Å². The Kier molecular flexibility index (Phi) is 5.42. The summed E-state index contributed by atoms with van der Waals surface area (Å²) in [5, 5.41) is 31.5. The quantitative estimate of drug-likeness (QED) is 0.374. The molecule has 0 amide bonds. The zero-order valence-electron chi connectivity index (χ0n) is 17.1. The van der Waals surface area contributed by atoms with Crippen molar-refractivity contribution in [2.45, 2.75) is 70.0 Å². The highest BCUT2D eigenvalue weighted by Gasteiger charge is 2.74. The summed E-state index contributed by atoms with van der Waals surface area (Å²) < 4.78 is 32.1. The normalized spacial score (nSPS) is 51.1. The summed E-state index contributed by atoms with van der Waals surface area (Å²) in [5.74, 6) is -2.28. The molecule has 3 saturated carbocycles. The number of alkyl halides is 2. The highest BCUT2D eigenvalue weighted by atomic mass is 19.1. The van der Waals surface area contributed by atoms with E-state index in [1.807, 2.05) is 0 Å². The van der Waals surface area contributed by atoms with Gasteiger partial charge in [0.25, 0.3) is 0 Å². The van der Waals surface area contributed by atoms with Gasteiger partial charge < -0.3 is 15.3 Å². The second-order valence-corrected chi connectivity index (χ2v) is 9.26. The lowest BCUT2D eigenvalue weighted by molar-refractivity contribution is -0.221. The lowest BCUT2D eigenvalue weighted by Crippen LogP contribution is -2.70. The van der Waals surface area contributed by atoms with Gasteiger partial charge in [0.1, 0.15) is 24.7 Å². The second-order valence-electron chi connectivity index (χ2n) is 9.26. The van der Waals surface area contributed by atoms with Crippen LogP contribution in [0.2, 0.25) is 0 Å². The first-order chi connectivity index (χ1) is 13.5. The molecule has 0 aromatic heterocycles. The number of carbonyl (C=O) groups is 2. The molecule has 0 aromatic rings. The second kappa shape index (κ2) is 7.06. The van der Waals surface area contributed by atoms with E-state index >= 15 is 8.78 Å². The molecule has 6 unspecified atom stereocenters. The highest BCUT2D eigenvalue weighted by molar-refractivity contribution is 5.89. The first-order valence-electron chi connectivity index (χ1n) is 10.1. The van der Waals surface area contributed by atoms with E-state index in [1.54, 1.807) is 19.9 Å². The number of rotatable bonds is 4. The summed E-state index contributed by atoms with van der Waals surface area (Å²) in [6, 6.07) is 0. The van der Waals surface area contributed by atoms with Gasteiger partial charge in [-0.05, 0) is 57.1 Å². The lowest BCUT2D eigenvalue weighted by atomic mass is 9.44. The van der Waals surface area contributed by atoms with Crippen molar-refractivity contribution in [2.24, 2.45) is 22.7 Å². The number of ketones is 1. The Morgan fingerprint density at radius 1 is 1.31 bits per heavy atom. The van der Waals surface area contributed by atoms with E-state index in [-0.39, 0.29) is 31.3 Å². The summed E-state index contributed by atoms with van der Waals surface area (Å²) in [7, 11) is 0. The average Bonchev–Trinajstić information content (AvgIpc) is 2.93. The third-order valence-corrected chi connectivity index (χ3v) is 8.25. The Hall–Kier alpha value is -1.44. The van der Waals surface area contributed by atoms with Crippen LogP contribution in [0.1, 0.15) is 46.5 Å². The molecule has 5 nitrogen and oxygen atoms in total. The molecular weight excluding hydrogens is 382 g/mol. The van der Waals surface area contributed by atoms with Crippen molar-refractivity contribution >= 4 is 12.1 Å². The van der Waals surface area contributed by atoms with Crippen molar-refractivity contribution in [2.75, 3.05) is 6.61 Å². The summed E-state index contributed by atoms with van der Waals surface area (Å²) in [4.78, 5) is 23.5. The topological polar surface area (TPSA) is 94.8 Å². The molecule has 0 radical (unpaired) electrons. The SMILES string of the molecule is C/C=C\C1(C)/C(=C\C=O)[C@@H](F)CC2C3CCC(O)(C(=O)CO)C3(C)CC(O)[C@@]21F. The fraction of sp³-hybridized carbons (Fsp3) is 0.727. The van der Waals surface area contributed by atoms with Crippen molar-refractivity contribution < 1.29 is 33.7 Å². The van der Waals surface area contributed by atoms with Crippen molar-refractivity contribution in [1.82, 2.24) is 0 Å². The molecule has 3 aliphatic rings. The summed E-state index contributed by atoms with van der Waals surface area (Å²) in [5.41, 5.74) is -6.90. The maximum absolute atomic E-state index is 16.9. The molecule has 3 fully saturated rings. The molecule has 162 valence electrons. The van der Waals surface area contributed by atoms with Crippen LogP contribution in [0, 0.1) is 22.7 Å². The van der Waals surface area contributed by atoms with Crippen molar-refractivity contribution in [3.05, 3.63) is 23.8 Å². The summed E-state index contributed by atoms with van der Waals surface area (Å²) in [6.07, 6.45) is 1.23. The number of aliphatic hydroxyl groups is 3. The van der Waals surface area contributed by atoms with E-state index < -0.39 is 58.6 Å². The van der Waals surface area contributed by atoms with Gasteiger partial charge in [0.05, 0.1) is 6.10 Å².